The first-order chi connectivity index (χ1) is 10.4. The summed E-state index contributed by atoms with van der Waals surface area (Å²) in [6, 6.07) is 27.1. The Labute approximate surface area is 123 Å². The van der Waals surface area contributed by atoms with Crippen LogP contribution in [0, 0.1) is 0 Å². The van der Waals surface area contributed by atoms with Crippen LogP contribution in [-0.2, 0) is 0 Å². The molecule has 0 bridgehead atoms. The Balaban J connectivity index is 1.97. The first-order valence-electron chi connectivity index (χ1n) is 7.01. The summed E-state index contributed by atoms with van der Waals surface area (Å²) in [4.78, 5) is 0. The quantitative estimate of drug-likeness (QED) is 0.516. The van der Waals surface area contributed by atoms with Crippen molar-refractivity contribution in [2.75, 3.05) is 0 Å². The van der Waals surface area contributed by atoms with Crippen LogP contribution in [0.5, 0.6) is 0 Å². The Kier molecular flexibility index (Phi) is 2.79. The molecule has 0 saturated heterocycles. The summed E-state index contributed by atoms with van der Waals surface area (Å²) in [6.45, 7) is 0. The van der Waals surface area contributed by atoms with Crippen LogP contribution in [0.3, 0.4) is 0 Å². The number of hydrogen-bond acceptors (Lipinski definition) is 1. The van der Waals surface area contributed by atoms with E-state index in [1.165, 1.54) is 16.3 Å². The molecule has 0 atom stereocenters. The van der Waals surface area contributed by atoms with Gasteiger partial charge < -0.3 is 0 Å². The summed E-state index contributed by atoms with van der Waals surface area (Å²) in [5.41, 5.74) is 3.39. The summed E-state index contributed by atoms with van der Waals surface area (Å²) >= 11 is 0. The van der Waals surface area contributed by atoms with Gasteiger partial charge in [0.1, 0.15) is 0 Å². The maximum Gasteiger partial charge on any atom is 0.0747 e. The van der Waals surface area contributed by atoms with Crippen LogP contribution in [0.2, 0.25) is 0 Å². The molecular formula is C19H14N2. The van der Waals surface area contributed by atoms with Gasteiger partial charge in [-0.3, -0.25) is 0 Å². The molecule has 1 aromatic heterocycles. The zero-order valence-corrected chi connectivity index (χ0v) is 11.5. The lowest BCUT2D eigenvalue weighted by Crippen LogP contribution is -1.98. The van der Waals surface area contributed by atoms with Crippen molar-refractivity contribution in [3.63, 3.8) is 0 Å². The van der Waals surface area contributed by atoms with Crippen molar-refractivity contribution in [2.45, 2.75) is 0 Å². The molecular weight excluding hydrogens is 256 g/mol. The van der Waals surface area contributed by atoms with E-state index < -0.39 is 0 Å². The lowest BCUT2D eigenvalue weighted by molar-refractivity contribution is 0.889. The molecule has 0 aliphatic carbocycles. The Morgan fingerprint density at radius 1 is 0.667 bits per heavy atom. The maximum atomic E-state index is 4.49. The standard InChI is InChI=1S/C19H14N2/c1-2-9-16(10-3-1)21-19(13-14-20-21)18-12-6-8-15-7-4-5-11-17(15)18/h1-14H. The smallest absolute Gasteiger partial charge is 0.0747 e. The fourth-order valence-electron chi connectivity index (χ4n) is 2.73. The molecule has 1 heterocycles. The minimum atomic E-state index is 1.07. The van der Waals surface area contributed by atoms with Gasteiger partial charge in [0, 0.05) is 5.56 Å². The molecule has 100 valence electrons. The average molecular weight is 270 g/mol. The molecule has 0 spiro atoms. The van der Waals surface area contributed by atoms with Gasteiger partial charge in [-0.2, -0.15) is 5.10 Å². The van der Waals surface area contributed by atoms with E-state index in [4.69, 9.17) is 0 Å². The molecule has 0 aliphatic heterocycles. The fourth-order valence-corrected chi connectivity index (χ4v) is 2.73. The van der Waals surface area contributed by atoms with Gasteiger partial charge in [0.25, 0.3) is 0 Å². The van der Waals surface area contributed by atoms with Gasteiger partial charge in [-0.15, -0.1) is 0 Å². The van der Waals surface area contributed by atoms with E-state index in [2.05, 4.69) is 65.8 Å². The van der Waals surface area contributed by atoms with Crippen LogP contribution in [0.1, 0.15) is 0 Å². The third kappa shape index (κ3) is 2.01. The van der Waals surface area contributed by atoms with E-state index in [0.29, 0.717) is 0 Å². The highest BCUT2D eigenvalue weighted by Gasteiger charge is 2.09. The minimum Gasteiger partial charge on any atom is -0.233 e. The highest BCUT2D eigenvalue weighted by Crippen LogP contribution is 2.29. The monoisotopic (exact) mass is 270 g/mol. The summed E-state index contributed by atoms with van der Waals surface area (Å²) in [5, 5.41) is 6.98. The largest absolute Gasteiger partial charge is 0.233 e. The Bertz CT molecular complexity index is 886. The molecule has 21 heavy (non-hydrogen) atoms. The summed E-state index contributed by atoms with van der Waals surface area (Å²) in [7, 11) is 0. The predicted molar refractivity (Wildman–Crippen MR) is 86.5 cm³/mol. The van der Waals surface area contributed by atoms with Gasteiger partial charge in [-0.05, 0) is 29.0 Å². The average Bonchev–Trinajstić information content (AvgIpc) is 3.04. The van der Waals surface area contributed by atoms with Crippen LogP contribution < -0.4 is 0 Å². The normalized spacial score (nSPS) is 10.9. The fraction of sp³-hybridized carbons (Fsp3) is 0. The van der Waals surface area contributed by atoms with Gasteiger partial charge in [-0.25, -0.2) is 4.68 Å². The molecule has 2 nitrogen and oxygen atoms in total. The second-order valence-electron chi connectivity index (χ2n) is 4.99. The number of hydrogen-bond donors (Lipinski definition) is 0. The maximum absolute atomic E-state index is 4.49. The second-order valence-corrected chi connectivity index (χ2v) is 4.99. The van der Waals surface area contributed by atoms with Gasteiger partial charge in [-0.1, -0.05) is 60.7 Å². The molecule has 0 fully saturated rings. The lowest BCUT2D eigenvalue weighted by Gasteiger charge is -2.10. The molecule has 0 N–H and O–H groups in total. The van der Waals surface area contributed by atoms with E-state index in [1.54, 1.807) is 0 Å². The predicted octanol–water partition coefficient (Wildman–Crippen LogP) is 4.69. The van der Waals surface area contributed by atoms with Gasteiger partial charge in [0.2, 0.25) is 0 Å². The molecule has 0 saturated carbocycles. The lowest BCUT2D eigenvalue weighted by atomic mass is 10.0. The third-order valence-electron chi connectivity index (χ3n) is 3.71. The second kappa shape index (κ2) is 4.91. The number of aromatic nitrogens is 2. The number of nitrogens with zero attached hydrogens (tertiary/aromatic N) is 2. The number of rotatable bonds is 2. The van der Waals surface area contributed by atoms with E-state index in [9.17, 15) is 0 Å². The Morgan fingerprint density at radius 3 is 2.33 bits per heavy atom. The summed E-state index contributed by atoms with van der Waals surface area (Å²) in [5.74, 6) is 0. The molecule has 0 unspecified atom stereocenters. The van der Waals surface area contributed by atoms with E-state index in [1.807, 2.05) is 29.1 Å². The zero-order chi connectivity index (χ0) is 14.1. The highest BCUT2D eigenvalue weighted by molar-refractivity contribution is 5.96. The molecule has 2 heteroatoms. The van der Waals surface area contributed by atoms with E-state index >= 15 is 0 Å². The van der Waals surface area contributed by atoms with Crippen LogP contribution in [0.15, 0.2) is 85.1 Å². The number of fused-ring (bicyclic) bond motifs is 1. The van der Waals surface area contributed by atoms with Crippen LogP contribution >= 0.6 is 0 Å². The van der Waals surface area contributed by atoms with Crippen molar-refractivity contribution < 1.29 is 0 Å². The van der Waals surface area contributed by atoms with Crippen molar-refractivity contribution in [1.82, 2.24) is 9.78 Å². The zero-order valence-electron chi connectivity index (χ0n) is 11.5. The first kappa shape index (κ1) is 11.9. The molecule has 4 aromatic rings. The molecule has 3 aromatic carbocycles. The van der Waals surface area contributed by atoms with Crippen molar-refractivity contribution >= 4 is 10.8 Å². The van der Waals surface area contributed by atoms with Crippen molar-refractivity contribution in [3.05, 3.63) is 85.1 Å². The first-order valence-corrected chi connectivity index (χ1v) is 7.01. The van der Waals surface area contributed by atoms with Gasteiger partial charge in [0.15, 0.2) is 0 Å². The number of para-hydroxylation sites is 1. The van der Waals surface area contributed by atoms with Crippen molar-refractivity contribution in [2.24, 2.45) is 0 Å². The minimum absolute atomic E-state index is 1.07. The van der Waals surface area contributed by atoms with E-state index in [0.717, 1.165) is 11.4 Å². The third-order valence-corrected chi connectivity index (χ3v) is 3.71. The Hall–Kier alpha value is -2.87. The highest BCUT2D eigenvalue weighted by atomic mass is 15.3. The number of benzene rings is 3. The summed E-state index contributed by atoms with van der Waals surface area (Å²) < 4.78 is 1.99. The van der Waals surface area contributed by atoms with Crippen molar-refractivity contribution in [3.8, 4) is 16.9 Å². The molecule has 0 radical (unpaired) electrons. The summed E-state index contributed by atoms with van der Waals surface area (Å²) in [6.07, 6.45) is 1.85. The molecule has 0 amide bonds. The topological polar surface area (TPSA) is 17.8 Å². The molecule has 4 rings (SSSR count). The van der Waals surface area contributed by atoms with Crippen LogP contribution in [0.25, 0.3) is 27.7 Å². The van der Waals surface area contributed by atoms with Crippen LogP contribution in [0.4, 0.5) is 0 Å². The Morgan fingerprint density at radius 2 is 1.43 bits per heavy atom. The van der Waals surface area contributed by atoms with Gasteiger partial charge >= 0.3 is 0 Å². The SMILES string of the molecule is c1ccc(-n2nccc2-c2cccc3ccccc23)cc1. The van der Waals surface area contributed by atoms with E-state index in [-0.39, 0.29) is 0 Å². The van der Waals surface area contributed by atoms with Crippen molar-refractivity contribution in [1.29, 1.82) is 0 Å². The van der Waals surface area contributed by atoms with Crippen LogP contribution in [-0.4, -0.2) is 9.78 Å². The molecule has 0 aliphatic rings. The van der Waals surface area contributed by atoms with Gasteiger partial charge in [0.05, 0.1) is 17.6 Å².